The van der Waals surface area contributed by atoms with Gasteiger partial charge < -0.3 is 10.6 Å². The van der Waals surface area contributed by atoms with Gasteiger partial charge in [0.15, 0.2) is 0 Å². The molecule has 2 unspecified atom stereocenters. The van der Waals surface area contributed by atoms with E-state index in [1.807, 2.05) is 0 Å². The maximum Gasteiger partial charge on any atom is 0.0218 e. The summed E-state index contributed by atoms with van der Waals surface area (Å²) in [7, 11) is 2.23. The lowest BCUT2D eigenvalue weighted by atomic mass is 10.0. The fourth-order valence-electron chi connectivity index (χ4n) is 2.93. The first-order valence-electron chi connectivity index (χ1n) is 7.41. The van der Waals surface area contributed by atoms with Crippen LogP contribution in [-0.2, 0) is 6.42 Å². The van der Waals surface area contributed by atoms with Crippen molar-refractivity contribution in [1.82, 2.24) is 9.80 Å². The lowest BCUT2D eigenvalue weighted by molar-refractivity contribution is 0.0890. The molecule has 0 radical (unpaired) electrons. The van der Waals surface area contributed by atoms with Crippen LogP contribution in [0.2, 0.25) is 0 Å². The van der Waals surface area contributed by atoms with Crippen molar-refractivity contribution in [3.8, 4) is 0 Å². The van der Waals surface area contributed by atoms with Gasteiger partial charge in [-0.1, -0.05) is 37.3 Å². The summed E-state index contributed by atoms with van der Waals surface area (Å²) in [6, 6.07) is 11.5. The number of likely N-dealkylation sites (N-methyl/N-ethyl adjacent to an activating group) is 1. The molecule has 0 aliphatic carbocycles. The minimum Gasteiger partial charge on any atom is -0.326 e. The molecule has 106 valence electrons. The van der Waals surface area contributed by atoms with Crippen molar-refractivity contribution in [3.05, 3.63) is 35.9 Å². The molecular formula is C16H27N3. The molecule has 1 aliphatic heterocycles. The Bertz CT molecular complexity index is 366. The highest BCUT2D eigenvalue weighted by atomic mass is 15.3. The van der Waals surface area contributed by atoms with Crippen LogP contribution in [0.15, 0.2) is 30.3 Å². The predicted octanol–water partition coefficient (Wildman–Crippen LogP) is 1.58. The molecule has 0 saturated carbocycles. The Balaban J connectivity index is 1.81. The molecule has 1 saturated heterocycles. The maximum atomic E-state index is 6.30. The molecular weight excluding hydrogens is 234 g/mol. The highest BCUT2D eigenvalue weighted by Gasteiger charge is 2.23. The minimum absolute atomic E-state index is 0.239. The molecule has 2 N–H and O–H groups in total. The van der Waals surface area contributed by atoms with Crippen molar-refractivity contribution in [2.24, 2.45) is 5.73 Å². The number of piperazine rings is 1. The zero-order chi connectivity index (χ0) is 13.7. The summed E-state index contributed by atoms with van der Waals surface area (Å²) in [6.45, 7) is 6.76. The van der Waals surface area contributed by atoms with Gasteiger partial charge in [-0.25, -0.2) is 0 Å². The highest BCUT2D eigenvalue weighted by Crippen LogP contribution is 2.11. The molecule has 0 bridgehead atoms. The Kier molecular flexibility index (Phi) is 5.37. The minimum atomic E-state index is 0.239. The van der Waals surface area contributed by atoms with E-state index in [1.54, 1.807) is 0 Å². The van der Waals surface area contributed by atoms with E-state index in [1.165, 1.54) is 12.0 Å². The Morgan fingerprint density at radius 1 is 1.26 bits per heavy atom. The van der Waals surface area contributed by atoms with Crippen molar-refractivity contribution >= 4 is 0 Å². The SMILES string of the molecule is CCC1CN(CC(N)Cc2ccccc2)CCN1C. The van der Waals surface area contributed by atoms with E-state index in [4.69, 9.17) is 5.73 Å². The molecule has 0 amide bonds. The highest BCUT2D eigenvalue weighted by molar-refractivity contribution is 5.15. The van der Waals surface area contributed by atoms with Gasteiger partial charge in [-0.3, -0.25) is 4.90 Å². The number of nitrogens with zero attached hydrogens (tertiary/aromatic N) is 2. The van der Waals surface area contributed by atoms with Crippen LogP contribution in [-0.4, -0.2) is 55.1 Å². The summed E-state index contributed by atoms with van der Waals surface area (Å²) in [5, 5.41) is 0. The van der Waals surface area contributed by atoms with E-state index in [0.717, 1.165) is 32.6 Å². The Morgan fingerprint density at radius 2 is 2.00 bits per heavy atom. The summed E-state index contributed by atoms with van der Waals surface area (Å²) in [6.07, 6.45) is 2.20. The van der Waals surface area contributed by atoms with E-state index in [2.05, 4.69) is 54.1 Å². The van der Waals surface area contributed by atoms with Crippen LogP contribution < -0.4 is 5.73 Å². The first kappa shape index (κ1) is 14.5. The Labute approximate surface area is 117 Å². The molecule has 2 rings (SSSR count). The maximum absolute atomic E-state index is 6.30. The van der Waals surface area contributed by atoms with Gasteiger partial charge in [-0.2, -0.15) is 0 Å². The zero-order valence-corrected chi connectivity index (χ0v) is 12.3. The van der Waals surface area contributed by atoms with E-state index < -0.39 is 0 Å². The Hall–Kier alpha value is -0.900. The number of rotatable bonds is 5. The van der Waals surface area contributed by atoms with E-state index in [-0.39, 0.29) is 6.04 Å². The van der Waals surface area contributed by atoms with Crippen LogP contribution in [0, 0.1) is 0 Å². The summed E-state index contributed by atoms with van der Waals surface area (Å²) in [4.78, 5) is 5.00. The van der Waals surface area contributed by atoms with Crippen molar-refractivity contribution < 1.29 is 0 Å². The van der Waals surface area contributed by atoms with Gasteiger partial charge in [0, 0.05) is 38.3 Å². The lowest BCUT2D eigenvalue weighted by Gasteiger charge is -2.40. The van der Waals surface area contributed by atoms with Crippen LogP contribution >= 0.6 is 0 Å². The van der Waals surface area contributed by atoms with Gasteiger partial charge in [-0.05, 0) is 25.5 Å². The second kappa shape index (κ2) is 7.04. The summed E-state index contributed by atoms with van der Waals surface area (Å²) >= 11 is 0. The monoisotopic (exact) mass is 261 g/mol. The van der Waals surface area contributed by atoms with E-state index in [0.29, 0.717) is 6.04 Å². The van der Waals surface area contributed by atoms with Crippen LogP contribution in [0.3, 0.4) is 0 Å². The first-order valence-corrected chi connectivity index (χ1v) is 7.41. The molecule has 0 spiro atoms. The van der Waals surface area contributed by atoms with Gasteiger partial charge in [0.05, 0.1) is 0 Å². The third-order valence-corrected chi connectivity index (χ3v) is 4.17. The van der Waals surface area contributed by atoms with E-state index in [9.17, 15) is 0 Å². The standard InChI is InChI=1S/C16H27N3/c1-3-16-13-19(10-9-18(16)2)12-15(17)11-14-7-5-4-6-8-14/h4-8,15-16H,3,9-13,17H2,1-2H3. The van der Waals surface area contributed by atoms with Crippen LogP contribution in [0.5, 0.6) is 0 Å². The van der Waals surface area contributed by atoms with Crippen molar-refractivity contribution in [2.45, 2.75) is 31.8 Å². The van der Waals surface area contributed by atoms with Crippen molar-refractivity contribution in [2.75, 3.05) is 33.2 Å². The number of nitrogens with two attached hydrogens (primary N) is 1. The van der Waals surface area contributed by atoms with Gasteiger partial charge in [-0.15, -0.1) is 0 Å². The molecule has 1 aromatic rings. The quantitative estimate of drug-likeness (QED) is 0.873. The second-order valence-corrected chi connectivity index (χ2v) is 5.75. The number of hydrogen-bond donors (Lipinski definition) is 1. The molecule has 19 heavy (non-hydrogen) atoms. The van der Waals surface area contributed by atoms with Crippen LogP contribution in [0.1, 0.15) is 18.9 Å². The van der Waals surface area contributed by atoms with Crippen LogP contribution in [0.25, 0.3) is 0 Å². The van der Waals surface area contributed by atoms with Crippen molar-refractivity contribution in [1.29, 1.82) is 0 Å². The number of benzene rings is 1. The summed E-state index contributed by atoms with van der Waals surface area (Å²) < 4.78 is 0. The lowest BCUT2D eigenvalue weighted by Crippen LogP contribution is -2.53. The first-order chi connectivity index (χ1) is 9.19. The van der Waals surface area contributed by atoms with Crippen LogP contribution in [0.4, 0.5) is 0 Å². The van der Waals surface area contributed by atoms with Gasteiger partial charge in [0.1, 0.15) is 0 Å². The number of hydrogen-bond acceptors (Lipinski definition) is 3. The topological polar surface area (TPSA) is 32.5 Å². The summed E-state index contributed by atoms with van der Waals surface area (Å²) in [5.74, 6) is 0. The molecule has 2 atom stereocenters. The predicted molar refractivity (Wildman–Crippen MR) is 81.3 cm³/mol. The molecule has 1 heterocycles. The zero-order valence-electron chi connectivity index (χ0n) is 12.3. The second-order valence-electron chi connectivity index (χ2n) is 5.75. The fraction of sp³-hybridized carbons (Fsp3) is 0.625. The normalized spacial score (nSPS) is 23.4. The van der Waals surface area contributed by atoms with Gasteiger partial charge in [0.25, 0.3) is 0 Å². The third-order valence-electron chi connectivity index (χ3n) is 4.17. The van der Waals surface area contributed by atoms with Gasteiger partial charge >= 0.3 is 0 Å². The van der Waals surface area contributed by atoms with E-state index >= 15 is 0 Å². The molecule has 0 aromatic heterocycles. The smallest absolute Gasteiger partial charge is 0.0218 e. The van der Waals surface area contributed by atoms with Crippen molar-refractivity contribution in [3.63, 3.8) is 0 Å². The Morgan fingerprint density at radius 3 is 2.68 bits per heavy atom. The fourth-order valence-corrected chi connectivity index (χ4v) is 2.93. The average molecular weight is 261 g/mol. The molecule has 3 nitrogen and oxygen atoms in total. The summed E-state index contributed by atoms with van der Waals surface area (Å²) in [5.41, 5.74) is 7.65. The molecule has 1 aromatic carbocycles. The van der Waals surface area contributed by atoms with Gasteiger partial charge in [0.2, 0.25) is 0 Å². The molecule has 1 aliphatic rings. The third kappa shape index (κ3) is 4.30. The average Bonchev–Trinajstić information content (AvgIpc) is 2.42. The molecule has 1 fully saturated rings. The molecule has 3 heteroatoms. The largest absolute Gasteiger partial charge is 0.326 e.